The normalized spacial score (nSPS) is 19.4. The predicted octanol–water partition coefficient (Wildman–Crippen LogP) is -0.606. The molecule has 1 aromatic carbocycles. The quantitative estimate of drug-likeness (QED) is 0.771. The van der Waals surface area contributed by atoms with Crippen LogP contribution in [0.4, 0.5) is 4.79 Å². The van der Waals surface area contributed by atoms with Crippen LogP contribution in [0.3, 0.4) is 0 Å². The molecule has 1 atom stereocenters. The fourth-order valence-electron chi connectivity index (χ4n) is 1.89. The first-order valence-electron chi connectivity index (χ1n) is 6.24. The van der Waals surface area contributed by atoms with Crippen LogP contribution in [0.1, 0.15) is 12.5 Å². The zero-order chi connectivity index (χ0) is 14.8. The van der Waals surface area contributed by atoms with Gasteiger partial charge in [0.1, 0.15) is 0 Å². The van der Waals surface area contributed by atoms with Crippen molar-refractivity contribution in [2.45, 2.75) is 19.6 Å². The first-order chi connectivity index (χ1) is 9.50. The van der Waals surface area contributed by atoms with E-state index in [1.165, 1.54) is 7.05 Å². The summed E-state index contributed by atoms with van der Waals surface area (Å²) in [5.74, 6) is -2.23. The lowest BCUT2D eigenvalue weighted by Crippen LogP contribution is -2.55. The number of ether oxygens (including phenoxy) is 1. The Bertz CT molecular complexity index is 671. The molecule has 2 N–H and O–H groups in total. The Kier molecular flexibility index (Phi) is 3.69. The molecule has 0 saturated carbocycles. The van der Waals surface area contributed by atoms with Crippen LogP contribution in [0.15, 0.2) is 28.2 Å². The van der Waals surface area contributed by atoms with E-state index in [1.807, 2.05) is 13.0 Å². The van der Waals surface area contributed by atoms with Crippen LogP contribution in [-0.4, -0.2) is 31.4 Å². The van der Waals surface area contributed by atoms with Crippen LogP contribution in [0, 0.1) is 6.92 Å². The Hall–Kier alpha value is -2.44. The molecule has 7 nitrogen and oxygen atoms in total. The maximum Gasteiger partial charge on any atom is 0.410 e. The summed E-state index contributed by atoms with van der Waals surface area (Å²) in [6, 6.07) is 5.42. The number of alkyl carbamates (subject to hydrolysis) is 1. The van der Waals surface area contributed by atoms with E-state index >= 15 is 0 Å². The maximum absolute atomic E-state index is 12.1. The van der Waals surface area contributed by atoms with Gasteiger partial charge in [-0.2, -0.15) is 0 Å². The molecule has 0 spiro atoms. The van der Waals surface area contributed by atoms with E-state index in [-0.39, 0.29) is 6.61 Å². The summed E-state index contributed by atoms with van der Waals surface area (Å²) in [6.07, 6.45) is -0.742. The van der Waals surface area contributed by atoms with Gasteiger partial charge >= 0.3 is 11.9 Å². The lowest BCUT2D eigenvalue weighted by Gasteiger charge is -2.21. The molecule has 2 amide bonds. The fraction of sp³-hybridized carbons (Fsp3) is 0.385. The van der Waals surface area contributed by atoms with Crippen LogP contribution in [0.2, 0.25) is 0 Å². The minimum absolute atomic E-state index is 0.196. The molecule has 0 aliphatic carbocycles. The Balaban J connectivity index is 2.46. The molecule has 0 fully saturated rings. The molecule has 1 aliphatic rings. The second-order valence-corrected chi connectivity index (χ2v) is 4.31. The Morgan fingerprint density at radius 3 is 2.65 bits per heavy atom. The number of amides is 2. The van der Waals surface area contributed by atoms with Gasteiger partial charge in [-0.1, -0.05) is 6.07 Å². The second-order valence-electron chi connectivity index (χ2n) is 4.31. The molecule has 0 aromatic heterocycles. The molecule has 2 rings (SSSR count). The molecule has 0 bridgehead atoms. The van der Waals surface area contributed by atoms with E-state index in [0.717, 1.165) is 5.56 Å². The number of fused-ring (bicyclic) bond motifs is 1. The van der Waals surface area contributed by atoms with Gasteiger partial charge in [-0.25, -0.2) is 14.8 Å². The van der Waals surface area contributed by atoms with Crippen LogP contribution >= 0.6 is 0 Å². The number of likely N-dealkylation sites (N-methyl/N-ethyl adjacent to an activating group) is 1. The van der Waals surface area contributed by atoms with E-state index in [1.54, 1.807) is 19.1 Å². The zero-order valence-corrected chi connectivity index (χ0v) is 11.6. The molecular weight excluding hydrogens is 260 g/mol. The third-order valence-electron chi connectivity index (χ3n) is 2.79. The number of hydrogen-bond acceptors (Lipinski definition) is 5. The molecule has 0 saturated heterocycles. The number of carbonyl (C=O) groups excluding carboxylic acids is 2. The largest absolute Gasteiger partial charge is 0.450 e. The van der Waals surface area contributed by atoms with Crippen LogP contribution < -0.4 is 21.3 Å². The number of nitrogens with zero attached hydrogens (tertiary/aromatic N) is 2. The summed E-state index contributed by atoms with van der Waals surface area (Å²) in [5.41, 5.74) is 0.992. The van der Waals surface area contributed by atoms with Crippen LogP contribution in [0.25, 0.3) is 0 Å². The highest BCUT2D eigenvalue weighted by atomic mass is 16.5. The smallest absolute Gasteiger partial charge is 0.410 e. The number of carbonyl (C=O) groups is 2. The summed E-state index contributed by atoms with van der Waals surface area (Å²) >= 11 is 0. The maximum atomic E-state index is 12.1. The van der Waals surface area contributed by atoms with Crippen LogP contribution in [0.5, 0.6) is 0 Å². The van der Waals surface area contributed by atoms with E-state index in [2.05, 4.69) is 20.6 Å². The van der Waals surface area contributed by atoms with Gasteiger partial charge < -0.3 is 10.1 Å². The Labute approximate surface area is 115 Å². The lowest BCUT2D eigenvalue weighted by molar-refractivity contribution is -0.126. The van der Waals surface area contributed by atoms with Gasteiger partial charge in [0, 0.05) is 7.05 Å². The summed E-state index contributed by atoms with van der Waals surface area (Å²) in [7, 11) is 1.45. The Morgan fingerprint density at radius 1 is 1.30 bits per heavy atom. The van der Waals surface area contributed by atoms with Crippen molar-refractivity contribution in [1.82, 2.24) is 10.6 Å². The molecule has 106 valence electrons. The predicted molar refractivity (Wildman–Crippen MR) is 70.4 cm³/mol. The average molecular weight is 276 g/mol. The standard InChI is InChI=1S/C13H16N4O3/c1-4-20-12(19)17-13(11(18)14-3)15-9-6-5-8(2)7-10(9)16-13/h5-7H,4H2,1-3H3,(H,14,18)(H,17,19). The summed E-state index contributed by atoms with van der Waals surface area (Å²) in [4.78, 5) is 32.1. The van der Waals surface area contributed by atoms with Crippen molar-refractivity contribution >= 4 is 12.0 Å². The van der Waals surface area contributed by atoms with Gasteiger partial charge in [-0.15, -0.1) is 0 Å². The van der Waals surface area contributed by atoms with Gasteiger partial charge in [0.15, 0.2) is 0 Å². The minimum atomic E-state index is -1.70. The fourth-order valence-corrected chi connectivity index (χ4v) is 1.89. The van der Waals surface area contributed by atoms with Crippen molar-refractivity contribution in [3.8, 4) is 0 Å². The third kappa shape index (κ3) is 2.47. The lowest BCUT2D eigenvalue weighted by atomic mass is 10.2. The van der Waals surface area contributed by atoms with E-state index in [0.29, 0.717) is 10.7 Å². The van der Waals surface area contributed by atoms with Crippen molar-refractivity contribution in [2.75, 3.05) is 13.7 Å². The summed E-state index contributed by atoms with van der Waals surface area (Å²) in [6.45, 7) is 3.78. The van der Waals surface area contributed by atoms with Gasteiger partial charge in [0.05, 0.1) is 17.3 Å². The highest BCUT2D eigenvalue weighted by Crippen LogP contribution is 2.11. The topological polar surface area (TPSA) is 92.1 Å². The van der Waals surface area contributed by atoms with Crippen molar-refractivity contribution in [1.29, 1.82) is 0 Å². The van der Waals surface area contributed by atoms with E-state index in [9.17, 15) is 9.59 Å². The molecular formula is C13H16N4O3. The zero-order valence-electron chi connectivity index (χ0n) is 11.6. The molecule has 1 unspecified atom stereocenters. The third-order valence-corrected chi connectivity index (χ3v) is 2.79. The number of rotatable bonds is 3. The van der Waals surface area contributed by atoms with E-state index < -0.39 is 17.8 Å². The summed E-state index contributed by atoms with van der Waals surface area (Å²) in [5, 5.41) is 5.96. The highest BCUT2D eigenvalue weighted by Gasteiger charge is 2.41. The van der Waals surface area contributed by atoms with Gasteiger partial charge in [-0.05, 0) is 31.5 Å². The number of hydrogen-bond donors (Lipinski definition) is 2. The number of benzene rings is 1. The SMILES string of the molecule is CCOC(=O)NC1(C(=O)NC)N=c2ccc(C)cc2=N1. The summed E-state index contributed by atoms with van der Waals surface area (Å²) < 4.78 is 4.80. The van der Waals surface area contributed by atoms with Crippen molar-refractivity contribution < 1.29 is 14.3 Å². The van der Waals surface area contributed by atoms with Gasteiger partial charge in [0.25, 0.3) is 5.91 Å². The highest BCUT2D eigenvalue weighted by molar-refractivity contribution is 5.89. The monoisotopic (exact) mass is 276 g/mol. The van der Waals surface area contributed by atoms with Crippen molar-refractivity contribution in [3.63, 3.8) is 0 Å². The molecule has 0 radical (unpaired) electrons. The van der Waals surface area contributed by atoms with E-state index in [4.69, 9.17) is 4.74 Å². The van der Waals surface area contributed by atoms with Gasteiger partial charge in [-0.3, -0.25) is 10.1 Å². The molecule has 1 aliphatic heterocycles. The van der Waals surface area contributed by atoms with Gasteiger partial charge in [0.2, 0.25) is 0 Å². The first kappa shape index (κ1) is 14.0. The molecule has 1 heterocycles. The first-order valence-corrected chi connectivity index (χ1v) is 6.24. The second kappa shape index (κ2) is 5.28. The number of aryl methyl sites for hydroxylation is 1. The minimum Gasteiger partial charge on any atom is -0.450 e. The molecule has 7 heteroatoms. The van der Waals surface area contributed by atoms with Crippen LogP contribution in [-0.2, 0) is 9.53 Å². The van der Waals surface area contributed by atoms with Crippen molar-refractivity contribution in [3.05, 3.63) is 34.5 Å². The molecule has 20 heavy (non-hydrogen) atoms. The number of nitrogens with one attached hydrogen (secondary N) is 2. The molecule has 1 aromatic rings. The van der Waals surface area contributed by atoms with Crippen molar-refractivity contribution in [2.24, 2.45) is 9.98 Å². The Morgan fingerprint density at radius 2 is 2.00 bits per heavy atom. The average Bonchev–Trinajstić information content (AvgIpc) is 2.76.